The third-order valence-corrected chi connectivity index (χ3v) is 5.42. The van der Waals surface area contributed by atoms with Crippen LogP contribution in [0.4, 0.5) is 0 Å². The molecule has 0 radical (unpaired) electrons. The Bertz CT molecular complexity index is 845. The van der Waals surface area contributed by atoms with Gasteiger partial charge < -0.3 is 14.5 Å². The molecule has 27 heavy (non-hydrogen) atoms. The van der Waals surface area contributed by atoms with Crippen LogP contribution in [-0.4, -0.2) is 52.7 Å². The minimum absolute atomic E-state index is 0.193. The van der Waals surface area contributed by atoms with Crippen molar-refractivity contribution in [3.05, 3.63) is 53.2 Å². The standard InChI is InChI=1S/C19H23N5O2S/c1-14-3-4-17(26-14)16(24-7-9-25-10-8-24)12-20-11-15-13-27-19(23-15)18-21-5-2-6-22-18/h2-6,13,16,20H,7-12H2,1H3/t16-/m1/s1. The van der Waals surface area contributed by atoms with Crippen LogP contribution in [0.1, 0.15) is 23.3 Å². The lowest BCUT2D eigenvalue weighted by molar-refractivity contribution is 0.0115. The Morgan fingerprint density at radius 1 is 1.22 bits per heavy atom. The summed E-state index contributed by atoms with van der Waals surface area (Å²) in [6.45, 7) is 6.84. The molecule has 1 atom stereocenters. The van der Waals surface area contributed by atoms with Crippen molar-refractivity contribution in [3.63, 3.8) is 0 Å². The normalized spacial score (nSPS) is 16.5. The molecular formula is C19H23N5O2S. The summed E-state index contributed by atoms with van der Waals surface area (Å²) >= 11 is 1.57. The molecule has 0 saturated carbocycles. The maximum Gasteiger partial charge on any atom is 0.188 e. The molecule has 1 aliphatic rings. The average Bonchev–Trinajstić information content (AvgIpc) is 3.36. The minimum atomic E-state index is 0.193. The van der Waals surface area contributed by atoms with Crippen LogP contribution in [0, 0.1) is 6.92 Å². The van der Waals surface area contributed by atoms with E-state index < -0.39 is 0 Å². The third-order valence-electron chi connectivity index (χ3n) is 4.53. The van der Waals surface area contributed by atoms with Crippen LogP contribution in [0.25, 0.3) is 10.8 Å². The molecule has 0 aromatic carbocycles. The lowest BCUT2D eigenvalue weighted by Gasteiger charge is -2.33. The smallest absolute Gasteiger partial charge is 0.188 e. The van der Waals surface area contributed by atoms with Crippen molar-refractivity contribution in [2.45, 2.75) is 19.5 Å². The fourth-order valence-corrected chi connectivity index (χ4v) is 3.93. The van der Waals surface area contributed by atoms with Gasteiger partial charge in [0.25, 0.3) is 0 Å². The van der Waals surface area contributed by atoms with E-state index in [0.717, 1.165) is 55.1 Å². The van der Waals surface area contributed by atoms with Crippen LogP contribution in [0.15, 0.2) is 40.4 Å². The van der Waals surface area contributed by atoms with Gasteiger partial charge in [-0.1, -0.05) is 0 Å². The molecule has 3 aromatic rings. The van der Waals surface area contributed by atoms with Gasteiger partial charge in [-0.25, -0.2) is 15.0 Å². The highest BCUT2D eigenvalue weighted by atomic mass is 32.1. The fourth-order valence-electron chi connectivity index (χ4n) is 3.17. The van der Waals surface area contributed by atoms with Gasteiger partial charge >= 0.3 is 0 Å². The summed E-state index contributed by atoms with van der Waals surface area (Å²) in [7, 11) is 0. The molecule has 1 aliphatic heterocycles. The lowest BCUT2D eigenvalue weighted by Crippen LogP contribution is -2.42. The number of aryl methyl sites for hydroxylation is 1. The van der Waals surface area contributed by atoms with Crippen molar-refractivity contribution in [2.75, 3.05) is 32.8 Å². The van der Waals surface area contributed by atoms with Gasteiger partial charge in [0.15, 0.2) is 10.8 Å². The molecule has 8 heteroatoms. The van der Waals surface area contributed by atoms with Crippen molar-refractivity contribution < 1.29 is 9.15 Å². The molecule has 4 heterocycles. The first-order chi connectivity index (χ1) is 13.3. The van der Waals surface area contributed by atoms with Gasteiger partial charge in [0.05, 0.1) is 24.9 Å². The van der Waals surface area contributed by atoms with E-state index in [0.29, 0.717) is 12.4 Å². The van der Waals surface area contributed by atoms with Crippen LogP contribution in [-0.2, 0) is 11.3 Å². The number of rotatable bonds is 7. The zero-order valence-electron chi connectivity index (χ0n) is 15.3. The van der Waals surface area contributed by atoms with E-state index in [9.17, 15) is 0 Å². The summed E-state index contributed by atoms with van der Waals surface area (Å²) in [5.74, 6) is 2.61. The average molecular weight is 385 g/mol. The molecule has 1 fully saturated rings. The second-order valence-corrected chi connectivity index (χ2v) is 7.32. The van der Waals surface area contributed by atoms with Gasteiger partial charge in [-0.05, 0) is 25.1 Å². The molecule has 4 rings (SSSR count). The molecule has 0 bridgehead atoms. The Morgan fingerprint density at radius 3 is 2.78 bits per heavy atom. The first-order valence-electron chi connectivity index (χ1n) is 9.10. The second kappa shape index (κ2) is 8.71. The maximum absolute atomic E-state index is 5.91. The number of thiazole rings is 1. The summed E-state index contributed by atoms with van der Waals surface area (Å²) in [6.07, 6.45) is 3.47. The molecule has 1 N–H and O–H groups in total. The Labute approximate surface area is 162 Å². The van der Waals surface area contributed by atoms with Crippen molar-refractivity contribution >= 4 is 11.3 Å². The molecule has 0 spiro atoms. The third kappa shape index (κ3) is 4.59. The van der Waals surface area contributed by atoms with E-state index in [2.05, 4.69) is 36.6 Å². The summed E-state index contributed by atoms with van der Waals surface area (Å²) in [4.78, 5) is 15.6. The van der Waals surface area contributed by atoms with E-state index in [1.54, 1.807) is 23.7 Å². The zero-order chi connectivity index (χ0) is 18.5. The number of nitrogens with one attached hydrogen (secondary N) is 1. The first kappa shape index (κ1) is 18.2. The van der Waals surface area contributed by atoms with Crippen LogP contribution >= 0.6 is 11.3 Å². The number of morpholine rings is 1. The van der Waals surface area contributed by atoms with Gasteiger partial charge in [0.1, 0.15) is 11.5 Å². The number of hydrogen-bond acceptors (Lipinski definition) is 8. The molecule has 0 aliphatic carbocycles. The largest absolute Gasteiger partial charge is 0.465 e. The van der Waals surface area contributed by atoms with Gasteiger partial charge in [-0.3, -0.25) is 4.90 Å². The number of furan rings is 1. The van der Waals surface area contributed by atoms with E-state index in [-0.39, 0.29) is 6.04 Å². The van der Waals surface area contributed by atoms with Crippen molar-refractivity contribution in [1.29, 1.82) is 0 Å². The first-order valence-corrected chi connectivity index (χ1v) is 9.98. The Morgan fingerprint density at radius 2 is 2.04 bits per heavy atom. The predicted octanol–water partition coefficient (Wildman–Crippen LogP) is 2.66. The van der Waals surface area contributed by atoms with Crippen molar-refractivity contribution in [3.8, 4) is 10.8 Å². The molecule has 0 unspecified atom stereocenters. The highest BCUT2D eigenvalue weighted by Crippen LogP contribution is 2.24. The second-order valence-electron chi connectivity index (χ2n) is 6.46. The Hall–Kier alpha value is -2.13. The van der Waals surface area contributed by atoms with Crippen molar-refractivity contribution in [1.82, 2.24) is 25.2 Å². The minimum Gasteiger partial charge on any atom is -0.465 e. The quantitative estimate of drug-likeness (QED) is 0.670. The van der Waals surface area contributed by atoms with Crippen LogP contribution in [0.3, 0.4) is 0 Å². The molecule has 3 aromatic heterocycles. The Kier molecular flexibility index (Phi) is 5.88. The van der Waals surface area contributed by atoms with Crippen LogP contribution in [0.2, 0.25) is 0 Å². The number of nitrogens with zero attached hydrogens (tertiary/aromatic N) is 4. The fraction of sp³-hybridized carbons (Fsp3) is 0.421. The van der Waals surface area contributed by atoms with Crippen molar-refractivity contribution in [2.24, 2.45) is 0 Å². The molecule has 1 saturated heterocycles. The monoisotopic (exact) mass is 385 g/mol. The molecular weight excluding hydrogens is 362 g/mol. The van der Waals surface area contributed by atoms with Crippen LogP contribution in [0.5, 0.6) is 0 Å². The highest BCUT2D eigenvalue weighted by molar-refractivity contribution is 7.13. The topological polar surface area (TPSA) is 76.3 Å². The van der Waals surface area contributed by atoms with Gasteiger partial charge in [0, 0.05) is 44.0 Å². The molecule has 0 amide bonds. The number of aromatic nitrogens is 3. The Balaban J connectivity index is 1.38. The summed E-state index contributed by atoms with van der Waals surface area (Å²) in [5.41, 5.74) is 0.999. The molecule has 7 nitrogen and oxygen atoms in total. The summed E-state index contributed by atoms with van der Waals surface area (Å²) in [6, 6.07) is 6.10. The number of hydrogen-bond donors (Lipinski definition) is 1. The van der Waals surface area contributed by atoms with E-state index in [1.807, 2.05) is 19.1 Å². The predicted molar refractivity (Wildman–Crippen MR) is 103 cm³/mol. The molecule has 142 valence electrons. The van der Waals surface area contributed by atoms with Gasteiger partial charge in [-0.2, -0.15) is 0 Å². The lowest BCUT2D eigenvalue weighted by atomic mass is 10.1. The maximum atomic E-state index is 5.91. The summed E-state index contributed by atoms with van der Waals surface area (Å²) in [5, 5.41) is 6.43. The van der Waals surface area contributed by atoms with E-state index in [4.69, 9.17) is 9.15 Å². The van der Waals surface area contributed by atoms with Gasteiger partial charge in [-0.15, -0.1) is 11.3 Å². The van der Waals surface area contributed by atoms with Gasteiger partial charge in [0.2, 0.25) is 0 Å². The van der Waals surface area contributed by atoms with E-state index in [1.165, 1.54) is 0 Å². The highest BCUT2D eigenvalue weighted by Gasteiger charge is 2.25. The van der Waals surface area contributed by atoms with Crippen LogP contribution < -0.4 is 5.32 Å². The summed E-state index contributed by atoms with van der Waals surface area (Å²) < 4.78 is 11.4. The number of ether oxygens (including phenoxy) is 1. The zero-order valence-corrected chi connectivity index (χ0v) is 16.1. The SMILES string of the molecule is Cc1ccc([C@@H](CNCc2csc(-c3ncccn3)n2)N2CCOCC2)o1. The van der Waals surface area contributed by atoms with E-state index >= 15 is 0 Å².